The first-order valence-corrected chi connectivity index (χ1v) is 7.78. The van der Waals surface area contributed by atoms with Crippen LogP contribution in [0.1, 0.15) is 20.3 Å². The van der Waals surface area contributed by atoms with Gasteiger partial charge in [0.15, 0.2) is 5.65 Å². The van der Waals surface area contributed by atoms with Crippen molar-refractivity contribution in [2.45, 2.75) is 20.3 Å². The third-order valence-corrected chi connectivity index (χ3v) is 3.40. The molecule has 9 nitrogen and oxygen atoms in total. The molecule has 128 valence electrons. The summed E-state index contributed by atoms with van der Waals surface area (Å²) in [6, 6.07) is 1.65. The van der Waals surface area contributed by atoms with Crippen LogP contribution < -0.4 is 16.0 Å². The van der Waals surface area contributed by atoms with E-state index in [1.807, 2.05) is 24.8 Å². The largest absolute Gasteiger partial charge is 0.460 e. The second-order valence-electron chi connectivity index (χ2n) is 5.88. The fourth-order valence-corrected chi connectivity index (χ4v) is 2.29. The van der Waals surface area contributed by atoms with Gasteiger partial charge in [-0.3, -0.25) is 5.32 Å². The van der Waals surface area contributed by atoms with Crippen molar-refractivity contribution in [3.63, 3.8) is 0 Å². The highest BCUT2D eigenvalue weighted by atomic mass is 16.6. The predicted molar refractivity (Wildman–Crippen MR) is 87.3 cm³/mol. The SMILES string of the molecule is CC(C)COC(=O)Nc1nc(N2CC=CCC2)cc2nc(=O)on12. The summed E-state index contributed by atoms with van der Waals surface area (Å²) >= 11 is 0. The molecular formula is C15H19N5O4. The molecule has 0 saturated carbocycles. The lowest BCUT2D eigenvalue weighted by atomic mass is 10.2. The second-order valence-corrected chi connectivity index (χ2v) is 5.88. The molecule has 9 heteroatoms. The average molecular weight is 333 g/mol. The quantitative estimate of drug-likeness (QED) is 0.849. The number of nitrogens with one attached hydrogen (secondary N) is 1. The van der Waals surface area contributed by atoms with Gasteiger partial charge in [0.2, 0.25) is 0 Å². The fraction of sp³-hybridized carbons (Fsp3) is 0.467. The van der Waals surface area contributed by atoms with Gasteiger partial charge in [-0.15, -0.1) is 4.57 Å². The maximum absolute atomic E-state index is 11.9. The Bertz CT molecular complexity index is 823. The highest BCUT2D eigenvalue weighted by molar-refractivity contribution is 5.83. The molecule has 2 aromatic rings. The summed E-state index contributed by atoms with van der Waals surface area (Å²) in [5.74, 6) is 0.111. The number of fused-ring (bicyclic) bond motifs is 1. The van der Waals surface area contributed by atoms with Crippen LogP contribution in [0.3, 0.4) is 0 Å². The summed E-state index contributed by atoms with van der Waals surface area (Å²) in [5.41, 5.74) is 0.277. The first-order valence-electron chi connectivity index (χ1n) is 7.78. The normalized spacial score (nSPS) is 14.4. The van der Waals surface area contributed by atoms with Gasteiger partial charge in [0.1, 0.15) is 5.82 Å². The van der Waals surface area contributed by atoms with Crippen LogP contribution in [0.2, 0.25) is 0 Å². The zero-order valence-electron chi connectivity index (χ0n) is 13.6. The van der Waals surface area contributed by atoms with Crippen molar-refractivity contribution >= 4 is 23.5 Å². The molecule has 1 aliphatic heterocycles. The lowest BCUT2D eigenvalue weighted by molar-refractivity contribution is 0.147. The van der Waals surface area contributed by atoms with Crippen LogP contribution in [0.25, 0.3) is 5.65 Å². The lowest BCUT2D eigenvalue weighted by Gasteiger charge is -2.24. The Morgan fingerprint density at radius 3 is 2.96 bits per heavy atom. The van der Waals surface area contributed by atoms with E-state index in [2.05, 4.69) is 21.4 Å². The molecule has 0 saturated heterocycles. The van der Waals surface area contributed by atoms with E-state index in [-0.39, 0.29) is 24.1 Å². The van der Waals surface area contributed by atoms with Gasteiger partial charge >= 0.3 is 11.8 Å². The summed E-state index contributed by atoms with van der Waals surface area (Å²) < 4.78 is 11.1. The summed E-state index contributed by atoms with van der Waals surface area (Å²) in [4.78, 5) is 33.5. The van der Waals surface area contributed by atoms with Gasteiger partial charge < -0.3 is 14.2 Å². The minimum atomic E-state index is -0.758. The van der Waals surface area contributed by atoms with E-state index in [0.29, 0.717) is 12.4 Å². The van der Waals surface area contributed by atoms with Crippen molar-refractivity contribution in [3.8, 4) is 0 Å². The van der Waals surface area contributed by atoms with E-state index in [1.54, 1.807) is 6.07 Å². The molecule has 1 N–H and O–H groups in total. The number of aromatic nitrogens is 3. The Morgan fingerprint density at radius 1 is 1.42 bits per heavy atom. The molecule has 0 aromatic carbocycles. The Balaban J connectivity index is 1.90. The monoisotopic (exact) mass is 333 g/mol. The van der Waals surface area contributed by atoms with Gasteiger partial charge in [0, 0.05) is 19.2 Å². The number of ether oxygens (including phenoxy) is 1. The topological polar surface area (TPSA) is 102 Å². The minimum absolute atomic E-state index is 0.0559. The smallest absolute Gasteiger partial charge is 0.449 e. The van der Waals surface area contributed by atoms with Crippen LogP contribution in [0.4, 0.5) is 16.6 Å². The van der Waals surface area contributed by atoms with E-state index < -0.39 is 11.8 Å². The zero-order valence-corrected chi connectivity index (χ0v) is 13.6. The van der Waals surface area contributed by atoms with Crippen molar-refractivity contribution in [1.82, 2.24) is 14.5 Å². The Morgan fingerprint density at radius 2 is 2.25 bits per heavy atom. The molecular weight excluding hydrogens is 314 g/mol. The molecule has 1 aliphatic rings. The number of nitrogens with zero attached hydrogens (tertiary/aromatic N) is 4. The van der Waals surface area contributed by atoms with Gasteiger partial charge in [-0.2, -0.15) is 9.97 Å². The highest BCUT2D eigenvalue weighted by Crippen LogP contribution is 2.19. The van der Waals surface area contributed by atoms with Crippen molar-refractivity contribution in [3.05, 3.63) is 28.8 Å². The highest BCUT2D eigenvalue weighted by Gasteiger charge is 2.17. The summed E-state index contributed by atoms with van der Waals surface area (Å²) in [7, 11) is 0. The molecule has 0 spiro atoms. The van der Waals surface area contributed by atoms with E-state index in [0.717, 1.165) is 17.5 Å². The molecule has 0 atom stereocenters. The first kappa shape index (κ1) is 16.0. The standard InChI is InChI=1S/C15H19N5O4/c1-10(2)9-23-14(21)18-13-16-11(19-6-4-3-5-7-19)8-12-17-15(22)24-20(12)13/h3-4,8,10H,5-7,9H2,1-2H3,(H,16,18,21). The average Bonchev–Trinajstić information content (AvgIpc) is 2.94. The zero-order chi connectivity index (χ0) is 17.1. The van der Waals surface area contributed by atoms with Crippen LogP contribution in [0.5, 0.6) is 0 Å². The molecule has 0 unspecified atom stereocenters. The maximum atomic E-state index is 11.9. The van der Waals surface area contributed by atoms with Crippen molar-refractivity contribution in [1.29, 1.82) is 0 Å². The van der Waals surface area contributed by atoms with Crippen molar-refractivity contribution in [2.24, 2.45) is 5.92 Å². The molecule has 0 bridgehead atoms. The third kappa shape index (κ3) is 3.55. The summed E-state index contributed by atoms with van der Waals surface area (Å²) in [6.07, 6.45) is 4.37. The van der Waals surface area contributed by atoms with E-state index >= 15 is 0 Å². The molecule has 2 aromatic heterocycles. The van der Waals surface area contributed by atoms with Gasteiger partial charge in [-0.25, -0.2) is 9.59 Å². The van der Waals surface area contributed by atoms with Gasteiger partial charge in [-0.05, 0) is 12.3 Å². The number of amides is 1. The van der Waals surface area contributed by atoms with Gasteiger partial charge in [0.25, 0.3) is 5.95 Å². The molecule has 0 aliphatic carbocycles. The molecule has 24 heavy (non-hydrogen) atoms. The number of carbonyl (C=O) groups is 1. The maximum Gasteiger partial charge on any atom is 0.460 e. The summed E-state index contributed by atoms with van der Waals surface area (Å²) in [6.45, 7) is 5.63. The first-order chi connectivity index (χ1) is 11.5. The molecule has 3 heterocycles. The van der Waals surface area contributed by atoms with Gasteiger partial charge in [-0.1, -0.05) is 26.0 Å². The molecule has 3 rings (SSSR count). The minimum Gasteiger partial charge on any atom is -0.449 e. The van der Waals surface area contributed by atoms with Crippen LogP contribution >= 0.6 is 0 Å². The van der Waals surface area contributed by atoms with Crippen LogP contribution in [0.15, 0.2) is 27.5 Å². The van der Waals surface area contributed by atoms with Gasteiger partial charge in [0.05, 0.1) is 6.61 Å². The number of rotatable bonds is 4. The molecule has 0 fully saturated rings. The third-order valence-electron chi connectivity index (χ3n) is 3.40. The molecule has 0 radical (unpaired) electrons. The van der Waals surface area contributed by atoms with Crippen LogP contribution in [0, 0.1) is 5.92 Å². The van der Waals surface area contributed by atoms with E-state index in [1.165, 1.54) is 0 Å². The fourth-order valence-electron chi connectivity index (χ4n) is 2.29. The number of hydrogen-bond acceptors (Lipinski definition) is 7. The van der Waals surface area contributed by atoms with E-state index in [9.17, 15) is 9.59 Å². The number of carbonyl (C=O) groups excluding carboxylic acids is 1. The lowest BCUT2D eigenvalue weighted by Crippen LogP contribution is -2.28. The Hall–Kier alpha value is -2.84. The van der Waals surface area contributed by atoms with Crippen molar-refractivity contribution < 1.29 is 14.1 Å². The predicted octanol–water partition coefficient (Wildman–Crippen LogP) is 1.65. The molecule has 1 amide bonds. The van der Waals surface area contributed by atoms with E-state index in [4.69, 9.17) is 9.26 Å². The Labute approximate surface area is 137 Å². The summed E-state index contributed by atoms with van der Waals surface area (Å²) in [5, 5.41) is 2.51. The number of anilines is 2. The Kier molecular flexibility index (Phi) is 4.50. The number of hydrogen-bond donors (Lipinski definition) is 1. The second kappa shape index (κ2) is 6.73. The van der Waals surface area contributed by atoms with Crippen molar-refractivity contribution in [2.75, 3.05) is 29.9 Å². The van der Waals surface area contributed by atoms with Crippen LogP contribution in [-0.4, -0.2) is 40.3 Å². The van der Waals surface area contributed by atoms with Crippen LogP contribution in [-0.2, 0) is 4.74 Å².